The normalized spacial score (nSPS) is 13.5. The lowest BCUT2D eigenvalue weighted by Crippen LogP contribution is -2.08. The number of esters is 1. The smallest absolute Gasteiger partial charge is 0.330 e. The number of carbonyl (C=O) groups excluding carboxylic acids is 1. The van der Waals surface area contributed by atoms with E-state index >= 15 is 0 Å². The summed E-state index contributed by atoms with van der Waals surface area (Å²) in [5, 5.41) is 9.34. The van der Waals surface area contributed by atoms with E-state index in [0.717, 1.165) is 24.0 Å². The van der Waals surface area contributed by atoms with Gasteiger partial charge in [-0.3, -0.25) is 0 Å². The summed E-state index contributed by atoms with van der Waals surface area (Å²) < 4.78 is 5.22. The summed E-state index contributed by atoms with van der Waals surface area (Å²) in [5.74, 6) is -0.0817. The van der Waals surface area contributed by atoms with E-state index in [2.05, 4.69) is 19.6 Å². The van der Waals surface area contributed by atoms with Crippen LogP contribution >= 0.6 is 0 Å². The predicted octanol–water partition coefficient (Wildman–Crippen LogP) is 5.68. The first-order valence-electron chi connectivity index (χ1n) is 9.00. The Labute approximate surface area is 161 Å². The third kappa shape index (κ3) is 7.37. The van der Waals surface area contributed by atoms with Crippen LogP contribution in [0, 0.1) is 5.41 Å². The lowest BCUT2D eigenvalue weighted by Gasteiger charge is -2.20. The van der Waals surface area contributed by atoms with Crippen molar-refractivity contribution in [2.45, 2.75) is 26.4 Å². The Balaban J connectivity index is 1.80. The molecular formula is C24H26O3. The molecule has 0 radical (unpaired) electrons. The number of phenols is 1. The highest BCUT2D eigenvalue weighted by atomic mass is 16.5. The third-order valence-corrected chi connectivity index (χ3v) is 4.34. The predicted molar refractivity (Wildman–Crippen MR) is 110 cm³/mol. The van der Waals surface area contributed by atoms with Crippen LogP contribution in [-0.2, 0) is 16.1 Å². The first-order chi connectivity index (χ1) is 13.0. The van der Waals surface area contributed by atoms with Gasteiger partial charge < -0.3 is 9.84 Å². The minimum atomic E-state index is -0.334. The molecule has 0 unspecified atom stereocenters. The topological polar surface area (TPSA) is 46.5 Å². The molecule has 1 atom stereocenters. The van der Waals surface area contributed by atoms with Gasteiger partial charge in [0.05, 0.1) is 0 Å². The highest BCUT2D eigenvalue weighted by Gasteiger charge is 2.15. The first-order valence-corrected chi connectivity index (χ1v) is 9.00. The summed E-state index contributed by atoms with van der Waals surface area (Å²) in [5.41, 5.74) is 1.80. The summed E-state index contributed by atoms with van der Waals surface area (Å²) in [6, 6.07) is 16.7. The Morgan fingerprint density at radius 1 is 1.15 bits per heavy atom. The molecule has 0 saturated heterocycles. The maximum absolute atomic E-state index is 11.8. The second-order valence-electron chi connectivity index (χ2n) is 6.67. The van der Waals surface area contributed by atoms with Gasteiger partial charge in [0, 0.05) is 11.5 Å². The highest BCUT2D eigenvalue weighted by Crippen LogP contribution is 2.28. The van der Waals surface area contributed by atoms with Crippen molar-refractivity contribution in [2.24, 2.45) is 5.41 Å². The standard InChI is InChI=1S/C24H26O3/c1-3-24(2,18-16-20-12-14-22(25)15-13-20)17-8-7-11-23(26)27-19-21-9-5-4-6-10-21/h3-7,9-16,18,25H,1,8,17,19H2,2H3/b11-7+,18-16+/t24-/m1/s1. The van der Waals surface area contributed by atoms with Gasteiger partial charge in [0.1, 0.15) is 12.4 Å². The van der Waals surface area contributed by atoms with Crippen LogP contribution in [-0.4, -0.2) is 11.1 Å². The van der Waals surface area contributed by atoms with E-state index in [1.807, 2.05) is 60.7 Å². The molecule has 27 heavy (non-hydrogen) atoms. The van der Waals surface area contributed by atoms with E-state index in [9.17, 15) is 9.90 Å². The first kappa shape index (κ1) is 20.2. The molecule has 140 valence electrons. The molecule has 0 aromatic heterocycles. The second-order valence-corrected chi connectivity index (χ2v) is 6.67. The fourth-order valence-corrected chi connectivity index (χ4v) is 2.48. The minimum Gasteiger partial charge on any atom is -0.508 e. The lowest BCUT2D eigenvalue weighted by atomic mass is 9.84. The van der Waals surface area contributed by atoms with E-state index in [4.69, 9.17) is 4.74 Å². The number of aromatic hydroxyl groups is 1. The van der Waals surface area contributed by atoms with E-state index < -0.39 is 0 Å². The number of phenolic OH excluding ortho intramolecular Hbond substituents is 1. The summed E-state index contributed by atoms with van der Waals surface area (Å²) in [6.45, 7) is 6.31. The Morgan fingerprint density at radius 2 is 1.85 bits per heavy atom. The Bertz CT molecular complexity index is 788. The number of hydrogen-bond donors (Lipinski definition) is 1. The van der Waals surface area contributed by atoms with Crippen LogP contribution in [0.2, 0.25) is 0 Å². The highest BCUT2D eigenvalue weighted by molar-refractivity contribution is 5.81. The molecule has 0 amide bonds. The fourth-order valence-electron chi connectivity index (χ4n) is 2.48. The Morgan fingerprint density at radius 3 is 2.52 bits per heavy atom. The molecule has 0 heterocycles. The summed E-state index contributed by atoms with van der Waals surface area (Å²) >= 11 is 0. The van der Waals surface area contributed by atoms with Crippen molar-refractivity contribution >= 4 is 12.0 Å². The maximum Gasteiger partial charge on any atom is 0.330 e. The van der Waals surface area contributed by atoms with Crippen molar-refractivity contribution in [1.82, 2.24) is 0 Å². The fraction of sp³-hybridized carbons (Fsp3) is 0.208. The van der Waals surface area contributed by atoms with Crippen LogP contribution in [0.15, 0.2) is 85.5 Å². The molecule has 0 fully saturated rings. The van der Waals surface area contributed by atoms with Gasteiger partial charge in [0.15, 0.2) is 0 Å². The van der Waals surface area contributed by atoms with Crippen molar-refractivity contribution in [1.29, 1.82) is 0 Å². The van der Waals surface area contributed by atoms with Gasteiger partial charge in [0.25, 0.3) is 0 Å². The van der Waals surface area contributed by atoms with Crippen LogP contribution in [0.25, 0.3) is 6.08 Å². The van der Waals surface area contributed by atoms with Crippen molar-refractivity contribution in [3.05, 3.63) is 96.6 Å². The molecule has 0 saturated carbocycles. The van der Waals surface area contributed by atoms with Gasteiger partial charge in [-0.05, 0) is 36.1 Å². The van der Waals surface area contributed by atoms with Crippen LogP contribution < -0.4 is 0 Å². The van der Waals surface area contributed by atoms with Crippen molar-refractivity contribution < 1.29 is 14.6 Å². The van der Waals surface area contributed by atoms with E-state index in [1.165, 1.54) is 6.08 Å². The SMILES string of the molecule is C=C[C@@](C)(/C=C/c1ccc(O)cc1)CC/C=C/C(=O)OCc1ccccc1. The molecule has 3 heteroatoms. The quantitative estimate of drug-likeness (QED) is 0.355. The number of allylic oxidation sites excluding steroid dienone is 3. The van der Waals surface area contributed by atoms with E-state index in [0.29, 0.717) is 0 Å². The molecule has 0 bridgehead atoms. The van der Waals surface area contributed by atoms with Crippen LogP contribution in [0.5, 0.6) is 5.75 Å². The molecule has 0 spiro atoms. The van der Waals surface area contributed by atoms with Gasteiger partial charge >= 0.3 is 5.97 Å². The number of rotatable bonds is 9. The van der Waals surface area contributed by atoms with Crippen molar-refractivity contribution in [3.8, 4) is 5.75 Å². The molecule has 3 nitrogen and oxygen atoms in total. The summed E-state index contributed by atoms with van der Waals surface area (Å²) in [4.78, 5) is 11.8. The van der Waals surface area contributed by atoms with Crippen molar-refractivity contribution in [3.63, 3.8) is 0 Å². The lowest BCUT2D eigenvalue weighted by molar-refractivity contribution is -0.139. The number of hydrogen-bond acceptors (Lipinski definition) is 3. The average molecular weight is 362 g/mol. The van der Waals surface area contributed by atoms with Gasteiger partial charge in [-0.1, -0.05) is 73.7 Å². The minimum absolute atomic E-state index is 0.184. The summed E-state index contributed by atoms with van der Waals surface area (Å²) in [6.07, 6.45) is 10.9. The Kier molecular flexibility index (Phi) is 7.63. The monoisotopic (exact) mass is 362 g/mol. The van der Waals surface area contributed by atoms with E-state index in [1.54, 1.807) is 12.1 Å². The number of carbonyl (C=O) groups is 1. The zero-order valence-corrected chi connectivity index (χ0v) is 15.7. The molecular weight excluding hydrogens is 336 g/mol. The van der Waals surface area contributed by atoms with Gasteiger partial charge in [0.2, 0.25) is 0 Å². The zero-order chi connectivity index (χ0) is 19.5. The molecule has 0 aliphatic carbocycles. The molecule has 2 aromatic rings. The van der Waals surface area contributed by atoms with Crippen molar-refractivity contribution in [2.75, 3.05) is 0 Å². The van der Waals surface area contributed by atoms with Crippen LogP contribution in [0.3, 0.4) is 0 Å². The average Bonchev–Trinajstić information content (AvgIpc) is 2.70. The van der Waals surface area contributed by atoms with Crippen LogP contribution in [0.4, 0.5) is 0 Å². The van der Waals surface area contributed by atoms with Gasteiger partial charge in [-0.25, -0.2) is 4.79 Å². The van der Waals surface area contributed by atoms with Gasteiger partial charge in [-0.15, -0.1) is 6.58 Å². The van der Waals surface area contributed by atoms with Gasteiger partial charge in [-0.2, -0.15) is 0 Å². The molecule has 2 rings (SSSR count). The zero-order valence-electron chi connectivity index (χ0n) is 15.7. The Hall–Kier alpha value is -3.07. The third-order valence-electron chi connectivity index (χ3n) is 4.34. The maximum atomic E-state index is 11.8. The second kappa shape index (κ2) is 10.2. The molecule has 1 N–H and O–H groups in total. The summed E-state index contributed by atoms with van der Waals surface area (Å²) in [7, 11) is 0. The molecule has 0 aliphatic rings. The molecule has 2 aromatic carbocycles. The van der Waals surface area contributed by atoms with E-state index in [-0.39, 0.29) is 23.7 Å². The largest absolute Gasteiger partial charge is 0.508 e. The number of ether oxygens (including phenoxy) is 1. The number of benzene rings is 2. The van der Waals surface area contributed by atoms with Crippen LogP contribution in [0.1, 0.15) is 30.9 Å². The molecule has 0 aliphatic heterocycles.